The molecule has 0 aliphatic carbocycles. The van der Waals surface area contributed by atoms with E-state index in [9.17, 15) is 19.6 Å². The third-order valence-electron chi connectivity index (χ3n) is 3.32. The van der Waals surface area contributed by atoms with Gasteiger partial charge in [0.05, 0.1) is 13.2 Å². The van der Waals surface area contributed by atoms with Crippen LogP contribution in [0.3, 0.4) is 0 Å². The summed E-state index contributed by atoms with van der Waals surface area (Å²) >= 11 is 0. The first-order valence-electron chi connectivity index (χ1n) is 7.26. The van der Waals surface area contributed by atoms with E-state index < -0.39 is 50.8 Å². The topological polar surface area (TPSA) is 200 Å². The van der Waals surface area contributed by atoms with E-state index in [0.29, 0.717) is 5.57 Å². The molecule has 0 aromatic heterocycles. The molecule has 1 fully saturated rings. The molecule has 7 N–H and O–H groups in total. The fourth-order valence-electron chi connectivity index (χ4n) is 2.22. The van der Waals surface area contributed by atoms with Crippen LogP contribution in [-0.4, -0.2) is 79.6 Å². The van der Waals surface area contributed by atoms with E-state index in [2.05, 4.69) is 4.52 Å². The minimum Gasteiger partial charge on any atom is -0.481 e. The summed E-state index contributed by atoms with van der Waals surface area (Å²) < 4.78 is 20.3. The van der Waals surface area contributed by atoms with Crippen molar-refractivity contribution < 1.29 is 48.5 Å². The van der Waals surface area contributed by atoms with Gasteiger partial charge in [-0.3, -0.25) is 14.1 Å². The lowest BCUT2D eigenvalue weighted by Gasteiger charge is -2.31. The highest BCUT2D eigenvalue weighted by Crippen LogP contribution is 2.37. The van der Waals surface area contributed by atoms with E-state index in [1.54, 1.807) is 6.20 Å². The number of aliphatic carboxylic acids is 1. The van der Waals surface area contributed by atoms with Crippen molar-refractivity contribution in [2.45, 2.75) is 31.5 Å². The maximum atomic E-state index is 11.2. The Balaban J connectivity index is 0.000000765. The molecule has 0 aromatic rings. The number of rotatable bonds is 5. The Morgan fingerprint density at radius 3 is 2.46 bits per heavy atom. The molecule has 0 unspecified atom stereocenters. The molecule has 2 aliphatic rings. The summed E-state index contributed by atoms with van der Waals surface area (Å²) in [4.78, 5) is 38.9. The number of aliphatic hydroxyl groups excluding tert-OH is 2. The number of allylic oxidation sites excluding steroid dienone is 2. The van der Waals surface area contributed by atoms with Gasteiger partial charge in [0.1, 0.15) is 18.3 Å². The van der Waals surface area contributed by atoms with Crippen LogP contribution < -0.4 is 5.73 Å². The molecular formula is C13H21N2O10P. The lowest BCUT2D eigenvalue weighted by atomic mass is 10.1. The number of nitrogens with zero attached hydrogens (tertiary/aromatic N) is 1. The van der Waals surface area contributed by atoms with Crippen molar-refractivity contribution in [2.24, 2.45) is 5.73 Å². The summed E-state index contributed by atoms with van der Waals surface area (Å²) in [6.45, 7) is 0.571. The molecule has 13 heteroatoms. The molecule has 2 aliphatic heterocycles. The number of phosphoric ester groups is 1. The van der Waals surface area contributed by atoms with Crippen LogP contribution in [0.4, 0.5) is 0 Å². The van der Waals surface area contributed by atoms with Crippen LogP contribution in [0.5, 0.6) is 0 Å². The number of carbonyl (C=O) groups excluding carboxylic acids is 1. The summed E-state index contributed by atoms with van der Waals surface area (Å²) in [5, 5.41) is 27.3. The highest BCUT2D eigenvalue weighted by molar-refractivity contribution is 7.46. The van der Waals surface area contributed by atoms with E-state index in [1.165, 1.54) is 17.1 Å². The average molecular weight is 396 g/mol. The number of carbonyl (C=O) groups is 2. The first-order chi connectivity index (χ1) is 11.9. The standard InChI is InChI=1S/C11H17N2O8P.C2H4O2/c12-10(16)6-2-1-3-13(4-6)11-9(15)8(14)7(21-11)5-20-22(17,18)19;1-2(3)4/h1-3,7-9,11,14-15H,4-5H2,(H2,12,16)(H2,17,18,19);1H3,(H,3,4)/t7-,8-,9-,11-;/m1./s1. The number of nitrogens with two attached hydrogens (primary N) is 1. The van der Waals surface area contributed by atoms with Gasteiger partial charge in [-0.2, -0.15) is 0 Å². The monoisotopic (exact) mass is 396 g/mol. The number of primary amides is 1. The third-order valence-corrected chi connectivity index (χ3v) is 3.80. The van der Waals surface area contributed by atoms with Crippen molar-refractivity contribution >= 4 is 19.7 Å². The Morgan fingerprint density at radius 1 is 1.38 bits per heavy atom. The Labute approximate surface area is 148 Å². The fraction of sp³-hybridized carbons (Fsp3) is 0.538. The Bertz CT molecular complexity index is 626. The van der Waals surface area contributed by atoms with Crippen molar-refractivity contribution in [3.8, 4) is 0 Å². The van der Waals surface area contributed by atoms with Gasteiger partial charge in [-0.15, -0.1) is 0 Å². The number of carboxylic acid groups (broad SMARTS) is 1. The molecule has 0 spiro atoms. The molecule has 2 heterocycles. The second kappa shape index (κ2) is 9.24. The Kier molecular flexibility index (Phi) is 7.90. The number of ether oxygens (including phenoxy) is 1. The molecule has 0 bridgehead atoms. The molecule has 0 aromatic carbocycles. The Morgan fingerprint density at radius 2 is 1.96 bits per heavy atom. The van der Waals surface area contributed by atoms with Crippen molar-refractivity contribution in [2.75, 3.05) is 13.2 Å². The van der Waals surface area contributed by atoms with Gasteiger partial charge >= 0.3 is 7.82 Å². The molecular weight excluding hydrogens is 375 g/mol. The summed E-state index contributed by atoms with van der Waals surface area (Å²) in [5.74, 6) is -1.45. The van der Waals surface area contributed by atoms with Gasteiger partial charge in [0.15, 0.2) is 6.23 Å². The van der Waals surface area contributed by atoms with Crippen LogP contribution in [0.2, 0.25) is 0 Å². The molecule has 1 amide bonds. The fourth-order valence-corrected chi connectivity index (χ4v) is 2.56. The summed E-state index contributed by atoms with van der Waals surface area (Å²) in [6, 6.07) is 0. The predicted molar refractivity (Wildman–Crippen MR) is 85.1 cm³/mol. The summed E-state index contributed by atoms with van der Waals surface area (Å²) in [6.07, 6.45) is -0.269. The SMILES string of the molecule is CC(=O)O.NC(=O)C1=CC=CN([C@@H]2O[C@H](COP(=O)(O)O)[C@@H](O)[C@H]2O)C1. The lowest BCUT2D eigenvalue weighted by molar-refractivity contribution is -0.134. The van der Waals surface area contributed by atoms with E-state index in [4.69, 9.17) is 30.2 Å². The van der Waals surface area contributed by atoms with Crippen molar-refractivity contribution in [1.82, 2.24) is 4.90 Å². The molecule has 2 rings (SSSR count). The number of aliphatic hydroxyl groups is 2. The van der Waals surface area contributed by atoms with Gasteiger partial charge < -0.3 is 40.5 Å². The zero-order valence-electron chi connectivity index (χ0n) is 13.7. The quantitative estimate of drug-likeness (QED) is 0.277. The maximum absolute atomic E-state index is 11.2. The first kappa shape index (κ1) is 22.3. The van der Waals surface area contributed by atoms with Crippen LogP contribution in [0.1, 0.15) is 6.92 Å². The summed E-state index contributed by atoms with van der Waals surface area (Å²) in [7, 11) is -4.71. The lowest BCUT2D eigenvalue weighted by Crippen LogP contribution is -2.43. The summed E-state index contributed by atoms with van der Waals surface area (Å²) in [5.41, 5.74) is 5.48. The minimum atomic E-state index is -4.71. The highest BCUT2D eigenvalue weighted by Gasteiger charge is 2.46. The van der Waals surface area contributed by atoms with E-state index in [-0.39, 0.29) is 6.54 Å². The highest BCUT2D eigenvalue weighted by atomic mass is 31.2. The van der Waals surface area contributed by atoms with Crippen LogP contribution in [0.25, 0.3) is 0 Å². The molecule has 1 saturated heterocycles. The van der Waals surface area contributed by atoms with Crippen LogP contribution >= 0.6 is 7.82 Å². The zero-order valence-corrected chi connectivity index (χ0v) is 14.6. The first-order valence-corrected chi connectivity index (χ1v) is 8.79. The normalized spacial score (nSPS) is 28.2. The van der Waals surface area contributed by atoms with Gasteiger partial charge in [0.25, 0.3) is 5.97 Å². The number of hydrogen-bond acceptors (Lipinski definition) is 8. The van der Waals surface area contributed by atoms with E-state index in [1.807, 2.05) is 0 Å². The number of hydrogen-bond donors (Lipinski definition) is 6. The molecule has 26 heavy (non-hydrogen) atoms. The predicted octanol–water partition coefficient (Wildman–Crippen LogP) is -2.13. The van der Waals surface area contributed by atoms with Gasteiger partial charge in [-0.05, 0) is 6.08 Å². The maximum Gasteiger partial charge on any atom is 0.469 e. The Hall–Kier alpha value is -1.79. The van der Waals surface area contributed by atoms with E-state index in [0.717, 1.165) is 6.92 Å². The largest absolute Gasteiger partial charge is 0.481 e. The van der Waals surface area contributed by atoms with Gasteiger partial charge in [-0.1, -0.05) is 6.08 Å². The number of carboxylic acids is 1. The van der Waals surface area contributed by atoms with Gasteiger partial charge in [0.2, 0.25) is 5.91 Å². The zero-order chi connectivity index (χ0) is 20.1. The van der Waals surface area contributed by atoms with Gasteiger partial charge in [-0.25, -0.2) is 4.57 Å². The van der Waals surface area contributed by atoms with Crippen molar-refractivity contribution in [3.63, 3.8) is 0 Å². The molecule has 12 nitrogen and oxygen atoms in total. The smallest absolute Gasteiger partial charge is 0.469 e. The molecule has 4 atom stereocenters. The molecule has 0 saturated carbocycles. The molecule has 148 valence electrons. The molecule has 0 radical (unpaired) electrons. The third kappa shape index (κ3) is 6.84. The van der Waals surface area contributed by atoms with Crippen molar-refractivity contribution in [3.05, 3.63) is 23.9 Å². The van der Waals surface area contributed by atoms with E-state index >= 15 is 0 Å². The average Bonchev–Trinajstić information content (AvgIpc) is 2.80. The second-order valence-electron chi connectivity index (χ2n) is 5.42. The minimum absolute atomic E-state index is 0.0757. The van der Waals surface area contributed by atoms with Crippen LogP contribution in [0, 0.1) is 0 Å². The van der Waals surface area contributed by atoms with Crippen LogP contribution in [0.15, 0.2) is 23.9 Å². The number of phosphoric acid groups is 1. The second-order valence-corrected chi connectivity index (χ2v) is 6.66. The van der Waals surface area contributed by atoms with Gasteiger partial charge in [0, 0.05) is 18.7 Å². The van der Waals surface area contributed by atoms with Crippen molar-refractivity contribution in [1.29, 1.82) is 0 Å². The number of amides is 1. The van der Waals surface area contributed by atoms with Crippen LogP contribution in [-0.2, 0) is 23.4 Å².